The summed E-state index contributed by atoms with van der Waals surface area (Å²) in [5.74, 6) is -0.0805. The predicted octanol–water partition coefficient (Wildman–Crippen LogP) is -2.56. The lowest BCUT2D eigenvalue weighted by Gasteiger charge is -2.17. The van der Waals surface area contributed by atoms with Crippen LogP contribution >= 0.6 is 0 Å². The van der Waals surface area contributed by atoms with Gasteiger partial charge in [0.05, 0.1) is 0 Å². The third-order valence-corrected chi connectivity index (χ3v) is 1.25. The lowest BCUT2D eigenvalue weighted by molar-refractivity contribution is -0.742. The largest absolute Gasteiger partial charge is 0.329 e. The number of aliphatic imine (C=N–C) groups is 1. The molecule has 4 N–H and O–H groups in total. The number of hydrogen-bond acceptors (Lipinski definition) is 10. The van der Waals surface area contributed by atoms with E-state index in [9.17, 15) is 20.2 Å². The highest BCUT2D eigenvalue weighted by Crippen LogP contribution is 1.91. The Morgan fingerprint density at radius 1 is 1.10 bits per heavy atom. The summed E-state index contributed by atoms with van der Waals surface area (Å²) in [6.45, 7) is -0.331. The van der Waals surface area contributed by atoms with E-state index in [1.807, 2.05) is 0 Å². The fourth-order valence-electron chi connectivity index (χ4n) is 0.695. The summed E-state index contributed by atoms with van der Waals surface area (Å²) in [5, 5.41) is 49.0. The molecular formula is C3H8N8O10. The van der Waals surface area contributed by atoms with Crippen LogP contribution in [-0.4, -0.2) is 55.0 Å². The van der Waals surface area contributed by atoms with Crippen molar-refractivity contribution in [2.24, 2.45) is 4.99 Å². The smallest absolute Gasteiger partial charge is 0.291 e. The van der Waals surface area contributed by atoms with Gasteiger partial charge in [0.2, 0.25) is 0 Å². The number of hydrazine groups is 2. The zero-order chi connectivity index (χ0) is 17.0. The van der Waals surface area contributed by atoms with Crippen molar-refractivity contribution in [1.29, 1.82) is 0 Å². The first-order valence-electron chi connectivity index (χ1n) is 4.31. The van der Waals surface area contributed by atoms with Gasteiger partial charge in [-0.2, -0.15) is 0 Å². The second kappa shape index (κ2) is 10.2. The van der Waals surface area contributed by atoms with E-state index in [0.717, 1.165) is 5.01 Å². The van der Waals surface area contributed by atoms with Crippen molar-refractivity contribution in [2.45, 2.75) is 0 Å². The summed E-state index contributed by atoms with van der Waals surface area (Å²) >= 11 is 0. The average Bonchev–Trinajstić information content (AvgIpc) is 2.27. The van der Waals surface area contributed by atoms with Gasteiger partial charge in [-0.3, -0.25) is 0 Å². The van der Waals surface area contributed by atoms with Crippen LogP contribution in [0.15, 0.2) is 4.99 Å². The molecule has 1 rings (SSSR count). The zero-order valence-corrected chi connectivity index (χ0v) is 9.76. The maximum Gasteiger partial charge on any atom is 0.291 e. The van der Waals surface area contributed by atoms with Crippen LogP contribution in [0.4, 0.5) is 0 Å². The molecule has 0 bridgehead atoms. The Hall–Kier alpha value is -3.73. The van der Waals surface area contributed by atoms with Gasteiger partial charge in [0.1, 0.15) is 0 Å². The summed E-state index contributed by atoms with van der Waals surface area (Å²) in [6, 6.07) is 0. The van der Waals surface area contributed by atoms with Crippen LogP contribution in [-0.2, 0) is 0 Å². The Morgan fingerprint density at radius 2 is 1.52 bits per heavy atom. The number of nitro groups is 2. The minimum atomic E-state index is -1.50. The number of guanidine groups is 1. The Labute approximate surface area is 112 Å². The van der Waals surface area contributed by atoms with Crippen molar-refractivity contribution in [3.8, 4) is 0 Å². The molecule has 1 aliphatic heterocycles. The summed E-state index contributed by atoms with van der Waals surface area (Å²) in [5.41, 5.74) is 1.75. The van der Waals surface area contributed by atoms with Gasteiger partial charge >= 0.3 is 0 Å². The van der Waals surface area contributed by atoms with Crippen LogP contribution in [0.1, 0.15) is 0 Å². The zero-order valence-electron chi connectivity index (χ0n) is 9.76. The molecule has 0 unspecified atom stereocenters. The maximum atomic E-state index is 10.2. The van der Waals surface area contributed by atoms with Gasteiger partial charge in [0.25, 0.3) is 16.1 Å². The molecule has 0 fully saturated rings. The van der Waals surface area contributed by atoms with E-state index >= 15 is 0 Å². The molecule has 0 atom stereocenters. The summed E-state index contributed by atoms with van der Waals surface area (Å²) in [4.78, 5) is 40.3. The fraction of sp³-hybridized carbons (Fsp3) is 0.667. The quantitative estimate of drug-likeness (QED) is 0.302. The van der Waals surface area contributed by atoms with Gasteiger partial charge < -0.3 is 15.7 Å². The standard InChI is InChI=1S/C3H6N6O4.2HNO3/c10-8(11)6-3-4-1-7(2-5-3)9(12)13;2*2-1(3)4/h1-2H2,(H2,4,5,6);2*(H,2,3,4). The molecule has 18 nitrogen and oxygen atoms in total. The SMILES string of the molecule is O=[N+]([O-])NC1=NCN([N+](=O)[O-])CN1.O=[N+]([O-])O.O=[N+]([O-])O. The normalized spacial score (nSPS) is 12.0. The van der Waals surface area contributed by atoms with E-state index in [2.05, 4.69) is 10.3 Å². The molecule has 1 heterocycles. The summed E-state index contributed by atoms with van der Waals surface area (Å²) in [7, 11) is 0. The highest BCUT2D eigenvalue weighted by molar-refractivity contribution is 5.78. The van der Waals surface area contributed by atoms with Crippen molar-refractivity contribution in [2.75, 3.05) is 13.3 Å². The van der Waals surface area contributed by atoms with E-state index in [-0.39, 0.29) is 19.3 Å². The van der Waals surface area contributed by atoms with E-state index in [1.165, 1.54) is 0 Å². The van der Waals surface area contributed by atoms with E-state index in [1.54, 1.807) is 5.43 Å². The van der Waals surface area contributed by atoms with Crippen LogP contribution < -0.4 is 10.7 Å². The molecule has 0 radical (unpaired) electrons. The fourth-order valence-corrected chi connectivity index (χ4v) is 0.695. The van der Waals surface area contributed by atoms with E-state index in [0.29, 0.717) is 0 Å². The number of nitrogens with one attached hydrogen (secondary N) is 2. The third kappa shape index (κ3) is 16.3. The van der Waals surface area contributed by atoms with Crippen LogP contribution in [0.2, 0.25) is 0 Å². The van der Waals surface area contributed by atoms with Gasteiger partial charge in [-0.25, -0.2) is 25.2 Å². The highest BCUT2D eigenvalue weighted by atomic mass is 16.9. The molecule has 0 spiro atoms. The van der Waals surface area contributed by atoms with Gasteiger partial charge in [0.15, 0.2) is 23.4 Å². The monoisotopic (exact) mass is 316 g/mol. The molecule has 1 aliphatic rings. The van der Waals surface area contributed by atoms with Gasteiger partial charge in [-0.15, -0.1) is 20.2 Å². The molecule has 18 heteroatoms. The second-order valence-corrected chi connectivity index (χ2v) is 2.57. The summed E-state index contributed by atoms with van der Waals surface area (Å²) in [6.07, 6.45) is 0. The van der Waals surface area contributed by atoms with Crippen molar-refractivity contribution >= 4 is 5.96 Å². The second-order valence-electron chi connectivity index (χ2n) is 2.57. The molecule has 0 aromatic heterocycles. The molecule has 0 aliphatic carbocycles. The minimum absolute atomic E-state index is 0.0805. The van der Waals surface area contributed by atoms with Crippen LogP contribution in [0, 0.1) is 40.5 Å². The van der Waals surface area contributed by atoms with Crippen molar-refractivity contribution in [3.05, 3.63) is 40.5 Å². The van der Waals surface area contributed by atoms with E-state index < -0.39 is 20.2 Å². The maximum absolute atomic E-state index is 10.2. The number of rotatable bonds is 2. The Bertz CT molecular complexity index is 401. The molecule has 0 saturated carbocycles. The Morgan fingerprint density at radius 3 is 1.76 bits per heavy atom. The third-order valence-electron chi connectivity index (χ3n) is 1.25. The van der Waals surface area contributed by atoms with Crippen LogP contribution in [0.5, 0.6) is 0 Å². The van der Waals surface area contributed by atoms with Crippen LogP contribution in [0.3, 0.4) is 0 Å². The van der Waals surface area contributed by atoms with Crippen molar-refractivity contribution < 1.29 is 30.7 Å². The molecule has 21 heavy (non-hydrogen) atoms. The molecule has 120 valence electrons. The van der Waals surface area contributed by atoms with Gasteiger partial charge in [0, 0.05) is 0 Å². The Balaban J connectivity index is 0. The van der Waals surface area contributed by atoms with Crippen molar-refractivity contribution in [1.82, 2.24) is 15.8 Å². The molecular weight excluding hydrogens is 308 g/mol. The van der Waals surface area contributed by atoms with Crippen LogP contribution in [0.25, 0.3) is 0 Å². The van der Waals surface area contributed by atoms with Gasteiger partial charge in [-0.1, -0.05) is 10.4 Å². The predicted molar refractivity (Wildman–Crippen MR) is 56.8 cm³/mol. The first-order chi connectivity index (χ1) is 9.56. The minimum Gasteiger partial charge on any atom is -0.329 e. The lowest BCUT2D eigenvalue weighted by Crippen LogP contribution is -2.51. The molecule has 0 saturated heterocycles. The topological polar surface area (TPSA) is 253 Å². The number of hydrogen-bond donors (Lipinski definition) is 4. The van der Waals surface area contributed by atoms with E-state index in [4.69, 9.17) is 30.6 Å². The average molecular weight is 316 g/mol. The first kappa shape index (κ1) is 19.6. The number of nitrogens with zero attached hydrogens (tertiary/aromatic N) is 6. The first-order valence-corrected chi connectivity index (χ1v) is 4.31. The lowest BCUT2D eigenvalue weighted by atomic mass is 10.7. The molecule has 0 amide bonds. The molecule has 0 aromatic rings. The summed E-state index contributed by atoms with van der Waals surface area (Å²) < 4.78 is 0. The highest BCUT2D eigenvalue weighted by Gasteiger charge is 2.20. The van der Waals surface area contributed by atoms with Crippen molar-refractivity contribution in [3.63, 3.8) is 0 Å². The molecule has 0 aromatic carbocycles. The Kier molecular flexibility index (Phi) is 9.54. The van der Waals surface area contributed by atoms with Gasteiger partial charge in [-0.05, 0) is 0 Å².